The number of pyridine rings is 1. The number of halogens is 3. The van der Waals surface area contributed by atoms with E-state index in [9.17, 15) is 19.2 Å². The second kappa shape index (κ2) is 9.97. The number of nitrogens with zero attached hydrogens (tertiary/aromatic N) is 3. The van der Waals surface area contributed by atoms with Gasteiger partial charge in [0, 0.05) is 6.20 Å². The summed E-state index contributed by atoms with van der Waals surface area (Å²) >= 11 is 12.1. The molecule has 4 rings (SSSR count). The van der Waals surface area contributed by atoms with E-state index in [0.29, 0.717) is 11.2 Å². The standard InChI is InChI=1S/C25H15Cl2FN4O3/c1-14-4-3-11-32-22(14)31-24(35-17-9-7-16(28)8-10-17)18(25(32)34)12-15(13-29)23(33)30-20-6-2-5-19(26)21(20)27/h2-12H,1H3,(H,30,33)/b15-12-. The Morgan fingerprint density at radius 3 is 2.63 bits per heavy atom. The number of aryl methyl sites for hydroxylation is 1. The fourth-order valence-corrected chi connectivity index (χ4v) is 3.54. The van der Waals surface area contributed by atoms with Gasteiger partial charge in [0.2, 0.25) is 5.88 Å². The molecule has 10 heteroatoms. The summed E-state index contributed by atoms with van der Waals surface area (Å²) < 4.78 is 20.4. The molecule has 0 bridgehead atoms. The minimum Gasteiger partial charge on any atom is -0.438 e. The normalized spacial score (nSPS) is 11.2. The van der Waals surface area contributed by atoms with Gasteiger partial charge >= 0.3 is 0 Å². The van der Waals surface area contributed by atoms with E-state index >= 15 is 0 Å². The van der Waals surface area contributed by atoms with E-state index in [4.69, 9.17) is 27.9 Å². The van der Waals surface area contributed by atoms with Gasteiger partial charge in [-0.25, -0.2) is 4.39 Å². The molecule has 2 aromatic heterocycles. The summed E-state index contributed by atoms with van der Waals surface area (Å²) in [6, 6.07) is 15.0. The summed E-state index contributed by atoms with van der Waals surface area (Å²) in [7, 11) is 0. The maximum atomic E-state index is 13.3. The van der Waals surface area contributed by atoms with Crippen molar-refractivity contribution in [2.24, 2.45) is 0 Å². The molecule has 0 atom stereocenters. The predicted molar refractivity (Wildman–Crippen MR) is 131 cm³/mol. The first-order valence-electron chi connectivity index (χ1n) is 10.1. The number of ether oxygens (including phenoxy) is 1. The van der Waals surface area contributed by atoms with E-state index < -0.39 is 22.9 Å². The lowest BCUT2D eigenvalue weighted by Gasteiger charge is -2.12. The van der Waals surface area contributed by atoms with Gasteiger partial charge in [-0.15, -0.1) is 0 Å². The molecule has 7 nitrogen and oxygen atoms in total. The Morgan fingerprint density at radius 1 is 1.17 bits per heavy atom. The molecule has 1 N–H and O–H groups in total. The lowest BCUT2D eigenvalue weighted by atomic mass is 10.1. The molecule has 0 spiro atoms. The number of nitriles is 1. The highest BCUT2D eigenvalue weighted by atomic mass is 35.5. The Balaban J connectivity index is 1.83. The quantitative estimate of drug-likeness (QED) is 0.272. The fourth-order valence-electron chi connectivity index (χ4n) is 3.19. The van der Waals surface area contributed by atoms with Crippen molar-refractivity contribution in [3.8, 4) is 17.7 Å². The van der Waals surface area contributed by atoms with Gasteiger partial charge in [-0.1, -0.05) is 35.3 Å². The highest BCUT2D eigenvalue weighted by Crippen LogP contribution is 2.30. The first-order valence-corrected chi connectivity index (χ1v) is 10.9. The Morgan fingerprint density at radius 2 is 1.91 bits per heavy atom. The summed E-state index contributed by atoms with van der Waals surface area (Å²) in [4.78, 5) is 30.6. The van der Waals surface area contributed by atoms with Crippen molar-refractivity contribution in [3.63, 3.8) is 0 Å². The summed E-state index contributed by atoms with van der Waals surface area (Å²) in [6.07, 6.45) is 2.59. The van der Waals surface area contributed by atoms with Gasteiger partial charge in [-0.2, -0.15) is 10.2 Å². The van der Waals surface area contributed by atoms with Crippen LogP contribution in [0.1, 0.15) is 11.1 Å². The van der Waals surface area contributed by atoms with Crippen LogP contribution < -0.4 is 15.6 Å². The number of hydrogen-bond donors (Lipinski definition) is 1. The molecular formula is C25H15Cl2FN4O3. The summed E-state index contributed by atoms with van der Waals surface area (Å²) in [5.41, 5.74) is 0.0745. The van der Waals surface area contributed by atoms with Gasteiger partial charge in [0.25, 0.3) is 11.5 Å². The number of rotatable bonds is 5. The third-order valence-electron chi connectivity index (χ3n) is 4.93. The zero-order chi connectivity index (χ0) is 25.1. The van der Waals surface area contributed by atoms with E-state index in [1.54, 1.807) is 37.3 Å². The van der Waals surface area contributed by atoms with Crippen molar-refractivity contribution in [1.82, 2.24) is 9.38 Å². The molecule has 0 unspecified atom stereocenters. The van der Waals surface area contributed by atoms with Crippen LogP contribution in [-0.4, -0.2) is 15.3 Å². The number of hydrogen-bond acceptors (Lipinski definition) is 5. The molecule has 0 aliphatic rings. The molecule has 2 aromatic carbocycles. The third-order valence-corrected chi connectivity index (χ3v) is 5.75. The molecular weight excluding hydrogens is 494 g/mol. The molecule has 0 saturated heterocycles. The monoisotopic (exact) mass is 508 g/mol. The zero-order valence-electron chi connectivity index (χ0n) is 18.1. The summed E-state index contributed by atoms with van der Waals surface area (Å²) in [5, 5.41) is 12.5. The molecule has 174 valence electrons. The Kier molecular flexibility index (Phi) is 6.82. The molecule has 0 aliphatic carbocycles. The van der Waals surface area contributed by atoms with Crippen LogP contribution in [0.15, 0.2) is 71.2 Å². The minimum atomic E-state index is -0.821. The van der Waals surface area contributed by atoms with Crippen LogP contribution in [0.3, 0.4) is 0 Å². The molecule has 35 heavy (non-hydrogen) atoms. The van der Waals surface area contributed by atoms with Crippen LogP contribution in [-0.2, 0) is 4.79 Å². The summed E-state index contributed by atoms with van der Waals surface area (Å²) in [6.45, 7) is 1.77. The maximum absolute atomic E-state index is 13.3. The number of fused-ring (bicyclic) bond motifs is 1. The lowest BCUT2D eigenvalue weighted by Crippen LogP contribution is -2.20. The van der Waals surface area contributed by atoms with Crippen LogP contribution in [0.2, 0.25) is 10.0 Å². The van der Waals surface area contributed by atoms with Crippen molar-refractivity contribution in [3.05, 3.63) is 104 Å². The first-order chi connectivity index (χ1) is 16.8. The number of benzene rings is 2. The number of nitrogens with one attached hydrogen (secondary N) is 1. The average Bonchev–Trinajstić information content (AvgIpc) is 2.84. The van der Waals surface area contributed by atoms with Crippen LogP contribution in [0, 0.1) is 24.1 Å². The summed E-state index contributed by atoms with van der Waals surface area (Å²) in [5.74, 6) is -1.24. The number of anilines is 1. The number of aromatic nitrogens is 2. The first kappa shape index (κ1) is 24.0. The van der Waals surface area contributed by atoms with Crippen molar-refractivity contribution >= 4 is 46.5 Å². The molecule has 0 aliphatic heterocycles. The van der Waals surface area contributed by atoms with Crippen molar-refractivity contribution in [2.45, 2.75) is 6.92 Å². The number of amides is 1. The smallest absolute Gasteiger partial charge is 0.269 e. The molecule has 1 amide bonds. The van der Waals surface area contributed by atoms with Crippen molar-refractivity contribution in [2.75, 3.05) is 5.32 Å². The second-order valence-electron chi connectivity index (χ2n) is 7.30. The predicted octanol–water partition coefficient (Wildman–Crippen LogP) is 5.79. The van der Waals surface area contributed by atoms with E-state index in [0.717, 1.165) is 6.08 Å². The average molecular weight is 509 g/mol. The van der Waals surface area contributed by atoms with Crippen LogP contribution in [0.4, 0.5) is 10.1 Å². The topological polar surface area (TPSA) is 96.5 Å². The van der Waals surface area contributed by atoms with E-state index in [-0.39, 0.29) is 32.9 Å². The molecule has 0 saturated carbocycles. The van der Waals surface area contributed by atoms with Gasteiger partial charge < -0.3 is 10.1 Å². The third kappa shape index (κ3) is 5.01. The lowest BCUT2D eigenvalue weighted by molar-refractivity contribution is -0.112. The largest absolute Gasteiger partial charge is 0.438 e. The molecule has 4 aromatic rings. The van der Waals surface area contributed by atoms with Crippen molar-refractivity contribution in [1.29, 1.82) is 5.26 Å². The SMILES string of the molecule is Cc1cccn2c(=O)c(/C=C(/C#N)C(=O)Nc3cccc(Cl)c3Cl)c(Oc3ccc(F)cc3)nc12. The van der Waals surface area contributed by atoms with E-state index in [2.05, 4.69) is 10.3 Å². The van der Waals surface area contributed by atoms with E-state index in [1.807, 2.05) is 0 Å². The van der Waals surface area contributed by atoms with Gasteiger partial charge in [0.1, 0.15) is 34.4 Å². The Labute approximate surface area is 208 Å². The second-order valence-corrected chi connectivity index (χ2v) is 8.09. The highest BCUT2D eigenvalue weighted by molar-refractivity contribution is 6.44. The minimum absolute atomic E-state index is 0.100. The molecule has 0 fully saturated rings. The van der Waals surface area contributed by atoms with Crippen LogP contribution >= 0.6 is 23.2 Å². The van der Waals surface area contributed by atoms with Gasteiger partial charge in [-0.3, -0.25) is 14.0 Å². The van der Waals surface area contributed by atoms with Gasteiger partial charge in [0.15, 0.2) is 0 Å². The van der Waals surface area contributed by atoms with Crippen LogP contribution in [0.5, 0.6) is 11.6 Å². The Bertz CT molecular complexity index is 1590. The highest BCUT2D eigenvalue weighted by Gasteiger charge is 2.19. The van der Waals surface area contributed by atoms with Crippen molar-refractivity contribution < 1.29 is 13.9 Å². The van der Waals surface area contributed by atoms with Gasteiger partial charge in [-0.05, 0) is 61.0 Å². The Hall–Kier alpha value is -4.19. The molecule has 2 heterocycles. The van der Waals surface area contributed by atoms with Crippen LogP contribution in [0.25, 0.3) is 11.7 Å². The van der Waals surface area contributed by atoms with Gasteiger partial charge in [0.05, 0.1) is 15.7 Å². The fraction of sp³-hybridized carbons (Fsp3) is 0.0400. The number of carbonyl (C=O) groups is 1. The maximum Gasteiger partial charge on any atom is 0.269 e. The number of carbonyl (C=O) groups excluding carboxylic acids is 1. The zero-order valence-corrected chi connectivity index (χ0v) is 19.6. The van der Waals surface area contributed by atoms with E-state index in [1.165, 1.54) is 40.9 Å². The molecule has 0 radical (unpaired) electrons.